The number of benzene rings is 2. The molecule has 0 fully saturated rings. The quantitative estimate of drug-likeness (QED) is 0.680. The van der Waals surface area contributed by atoms with E-state index in [1.54, 1.807) is 0 Å². The van der Waals surface area contributed by atoms with Crippen LogP contribution in [-0.4, -0.2) is 6.54 Å². The van der Waals surface area contributed by atoms with E-state index in [1.807, 2.05) is 18.2 Å². The molecule has 0 saturated carbocycles. The minimum absolute atomic E-state index is 0.512. The van der Waals surface area contributed by atoms with Gasteiger partial charge in [0.2, 0.25) is 0 Å². The summed E-state index contributed by atoms with van der Waals surface area (Å²) in [5.74, 6) is 0.695. The summed E-state index contributed by atoms with van der Waals surface area (Å²) in [5.41, 5.74) is 2.41. The van der Waals surface area contributed by atoms with Crippen LogP contribution in [0.3, 0.4) is 0 Å². The summed E-state index contributed by atoms with van der Waals surface area (Å²) in [6.07, 6.45) is 1.14. The summed E-state index contributed by atoms with van der Waals surface area (Å²) < 4.78 is 6.76. The summed E-state index contributed by atoms with van der Waals surface area (Å²) in [6.45, 7) is 4.60. The molecule has 0 bridgehead atoms. The maximum atomic E-state index is 6.12. The van der Waals surface area contributed by atoms with Crippen molar-refractivity contribution in [1.82, 2.24) is 5.32 Å². The van der Waals surface area contributed by atoms with Gasteiger partial charge in [-0.1, -0.05) is 58.7 Å². The summed E-state index contributed by atoms with van der Waals surface area (Å²) in [4.78, 5) is 0. The molecule has 0 amide bonds. The normalized spacial score (nSPS) is 10.6. The number of ether oxygens (including phenoxy) is 1. The molecule has 0 aromatic heterocycles. The van der Waals surface area contributed by atoms with E-state index in [0.717, 1.165) is 29.5 Å². The molecule has 0 aliphatic carbocycles. The molecule has 2 nitrogen and oxygen atoms in total. The van der Waals surface area contributed by atoms with Crippen molar-refractivity contribution >= 4 is 27.5 Å². The molecule has 0 heterocycles. The highest BCUT2D eigenvalue weighted by Gasteiger charge is 2.03. The highest BCUT2D eigenvalue weighted by Crippen LogP contribution is 2.28. The van der Waals surface area contributed by atoms with Crippen LogP contribution >= 0.6 is 27.5 Å². The zero-order valence-electron chi connectivity index (χ0n) is 12.0. The maximum Gasteiger partial charge on any atom is 0.139 e. The first-order valence-corrected chi connectivity index (χ1v) is 8.22. The molecule has 0 unspecified atom stereocenters. The SMILES string of the molecule is CCCNCc1cccc(COc2cc(Br)ccc2Cl)c1. The van der Waals surface area contributed by atoms with Gasteiger partial charge in [0.1, 0.15) is 12.4 Å². The Morgan fingerprint density at radius 1 is 1.14 bits per heavy atom. The van der Waals surface area contributed by atoms with Crippen molar-refractivity contribution in [2.24, 2.45) is 0 Å². The van der Waals surface area contributed by atoms with Crippen LogP contribution in [0.4, 0.5) is 0 Å². The van der Waals surface area contributed by atoms with Gasteiger partial charge in [-0.15, -0.1) is 0 Å². The highest BCUT2D eigenvalue weighted by molar-refractivity contribution is 9.10. The third-order valence-corrected chi connectivity index (χ3v) is 3.84. The Balaban J connectivity index is 1.96. The maximum absolute atomic E-state index is 6.12. The second-order valence-electron chi connectivity index (χ2n) is 4.86. The summed E-state index contributed by atoms with van der Waals surface area (Å²) in [7, 11) is 0. The number of hydrogen-bond acceptors (Lipinski definition) is 2. The van der Waals surface area contributed by atoms with Crippen molar-refractivity contribution < 1.29 is 4.74 Å². The lowest BCUT2D eigenvalue weighted by atomic mass is 10.1. The Bertz CT molecular complexity index is 589. The van der Waals surface area contributed by atoms with Crippen molar-refractivity contribution in [1.29, 1.82) is 0 Å². The smallest absolute Gasteiger partial charge is 0.139 e. The van der Waals surface area contributed by atoms with Crippen LogP contribution in [0.5, 0.6) is 5.75 Å². The van der Waals surface area contributed by atoms with Gasteiger partial charge in [0.25, 0.3) is 0 Å². The first-order chi connectivity index (χ1) is 10.2. The molecule has 2 rings (SSSR count). The van der Waals surface area contributed by atoms with Crippen molar-refractivity contribution in [2.45, 2.75) is 26.5 Å². The van der Waals surface area contributed by atoms with Crippen LogP contribution in [0.2, 0.25) is 5.02 Å². The van der Waals surface area contributed by atoms with Gasteiger partial charge in [-0.3, -0.25) is 0 Å². The average Bonchev–Trinajstić information content (AvgIpc) is 2.49. The van der Waals surface area contributed by atoms with Crippen molar-refractivity contribution in [3.63, 3.8) is 0 Å². The minimum atomic E-state index is 0.512. The van der Waals surface area contributed by atoms with Crippen LogP contribution in [0, 0.1) is 0 Å². The van der Waals surface area contributed by atoms with Gasteiger partial charge in [-0.05, 0) is 42.3 Å². The van der Waals surface area contributed by atoms with Crippen LogP contribution in [0.1, 0.15) is 24.5 Å². The molecule has 0 spiro atoms. The summed E-state index contributed by atoms with van der Waals surface area (Å²) >= 11 is 9.54. The van der Waals surface area contributed by atoms with E-state index in [9.17, 15) is 0 Å². The monoisotopic (exact) mass is 367 g/mol. The largest absolute Gasteiger partial charge is 0.487 e. The van der Waals surface area contributed by atoms with Gasteiger partial charge in [-0.2, -0.15) is 0 Å². The van der Waals surface area contributed by atoms with E-state index in [-0.39, 0.29) is 0 Å². The standard InChI is InChI=1S/C17H19BrClNO/c1-2-8-20-11-13-4-3-5-14(9-13)12-21-17-10-15(18)6-7-16(17)19/h3-7,9-10,20H,2,8,11-12H2,1H3. The van der Waals surface area contributed by atoms with Crippen molar-refractivity contribution in [2.75, 3.05) is 6.54 Å². The Morgan fingerprint density at radius 3 is 2.76 bits per heavy atom. The highest BCUT2D eigenvalue weighted by atomic mass is 79.9. The van der Waals surface area contributed by atoms with E-state index in [1.165, 1.54) is 5.56 Å². The predicted molar refractivity (Wildman–Crippen MR) is 91.9 cm³/mol. The molecule has 21 heavy (non-hydrogen) atoms. The Kier molecular flexibility index (Phi) is 6.55. The van der Waals surface area contributed by atoms with E-state index in [0.29, 0.717) is 17.4 Å². The molecule has 1 N–H and O–H groups in total. The van der Waals surface area contributed by atoms with E-state index < -0.39 is 0 Å². The Morgan fingerprint density at radius 2 is 1.95 bits per heavy atom. The number of rotatable bonds is 7. The Labute approximate surface area is 139 Å². The second-order valence-corrected chi connectivity index (χ2v) is 6.18. The second kappa shape index (κ2) is 8.42. The van der Waals surface area contributed by atoms with Crippen LogP contribution in [0.15, 0.2) is 46.9 Å². The van der Waals surface area contributed by atoms with E-state index in [2.05, 4.69) is 52.4 Å². The fraction of sp³-hybridized carbons (Fsp3) is 0.294. The molecular formula is C17H19BrClNO. The van der Waals surface area contributed by atoms with Gasteiger partial charge in [0.15, 0.2) is 0 Å². The molecule has 0 atom stereocenters. The minimum Gasteiger partial charge on any atom is -0.487 e. The fourth-order valence-electron chi connectivity index (χ4n) is 1.99. The van der Waals surface area contributed by atoms with Gasteiger partial charge >= 0.3 is 0 Å². The van der Waals surface area contributed by atoms with Gasteiger partial charge in [-0.25, -0.2) is 0 Å². The lowest BCUT2D eigenvalue weighted by Gasteiger charge is -2.10. The molecule has 0 aliphatic rings. The van der Waals surface area contributed by atoms with Crippen LogP contribution < -0.4 is 10.1 Å². The predicted octanol–water partition coefficient (Wildman–Crippen LogP) is 5.18. The zero-order valence-corrected chi connectivity index (χ0v) is 14.4. The van der Waals surface area contributed by atoms with Gasteiger partial charge < -0.3 is 10.1 Å². The molecular weight excluding hydrogens is 350 g/mol. The third kappa shape index (κ3) is 5.34. The molecule has 2 aromatic rings. The number of hydrogen-bond donors (Lipinski definition) is 1. The Hall–Kier alpha value is -1.03. The molecule has 4 heteroatoms. The molecule has 112 valence electrons. The average molecular weight is 369 g/mol. The van der Waals surface area contributed by atoms with Crippen molar-refractivity contribution in [3.8, 4) is 5.75 Å². The molecule has 2 aromatic carbocycles. The van der Waals surface area contributed by atoms with Crippen LogP contribution in [0.25, 0.3) is 0 Å². The van der Waals surface area contributed by atoms with Gasteiger partial charge in [0.05, 0.1) is 5.02 Å². The lowest BCUT2D eigenvalue weighted by molar-refractivity contribution is 0.306. The zero-order chi connectivity index (χ0) is 15.1. The third-order valence-electron chi connectivity index (χ3n) is 3.03. The van der Waals surface area contributed by atoms with Crippen LogP contribution in [-0.2, 0) is 13.2 Å². The van der Waals surface area contributed by atoms with E-state index in [4.69, 9.17) is 16.3 Å². The number of nitrogens with one attached hydrogen (secondary N) is 1. The first kappa shape index (κ1) is 16.3. The lowest BCUT2D eigenvalue weighted by Crippen LogP contribution is -2.13. The molecule has 0 radical (unpaired) electrons. The van der Waals surface area contributed by atoms with E-state index >= 15 is 0 Å². The summed E-state index contributed by atoms with van der Waals surface area (Å²) in [5, 5.41) is 4.02. The van der Waals surface area contributed by atoms with Gasteiger partial charge in [0, 0.05) is 11.0 Å². The first-order valence-electron chi connectivity index (χ1n) is 7.05. The topological polar surface area (TPSA) is 21.3 Å². The summed E-state index contributed by atoms with van der Waals surface area (Å²) in [6, 6.07) is 14.0. The fourth-order valence-corrected chi connectivity index (χ4v) is 2.50. The molecule has 0 saturated heterocycles. The molecule has 0 aliphatic heterocycles. The van der Waals surface area contributed by atoms with Crippen molar-refractivity contribution in [3.05, 3.63) is 63.1 Å². The number of halogens is 2.